The van der Waals surface area contributed by atoms with Gasteiger partial charge in [0.05, 0.1) is 6.04 Å². The highest BCUT2D eigenvalue weighted by molar-refractivity contribution is 5.89. The van der Waals surface area contributed by atoms with Gasteiger partial charge in [-0.3, -0.25) is 19.5 Å². The lowest BCUT2D eigenvalue weighted by atomic mass is 10.0. The number of benzene rings is 1. The van der Waals surface area contributed by atoms with Crippen LogP contribution in [0.2, 0.25) is 0 Å². The molecular formula is C23H40N6O2. The van der Waals surface area contributed by atoms with E-state index in [1.54, 1.807) is 14.1 Å². The second-order valence-electron chi connectivity index (χ2n) is 8.28. The molecule has 2 atom stereocenters. The van der Waals surface area contributed by atoms with E-state index in [0.29, 0.717) is 19.4 Å². The van der Waals surface area contributed by atoms with E-state index < -0.39 is 6.04 Å². The van der Waals surface area contributed by atoms with Crippen LogP contribution in [0.1, 0.15) is 43.7 Å². The van der Waals surface area contributed by atoms with Crippen LogP contribution in [0.5, 0.6) is 0 Å². The Bertz CT molecular complexity index is 711. The third-order valence-electron chi connectivity index (χ3n) is 5.31. The number of amides is 2. The Kier molecular flexibility index (Phi) is 11.6. The van der Waals surface area contributed by atoms with Gasteiger partial charge in [-0.25, -0.2) is 0 Å². The SMILES string of the molecule is CCc1ccc(CC[C@@H](C(=O)N[C@@H](CCCCN=C(N)N)C(=O)N(C)C)N(C)C)cc1. The summed E-state index contributed by atoms with van der Waals surface area (Å²) >= 11 is 0. The van der Waals surface area contributed by atoms with Crippen molar-refractivity contribution in [2.24, 2.45) is 16.5 Å². The largest absolute Gasteiger partial charge is 0.370 e. The van der Waals surface area contributed by atoms with E-state index >= 15 is 0 Å². The molecular weight excluding hydrogens is 392 g/mol. The van der Waals surface area contributed by atoms with Gasteiger partial charge >= 0.3 is 0 Å². The molecule has 0 aromatic heterocycles. The molecule has 5 N–H and O–H groups in total. The Hall–Kier alpha value is -2.61. The molecule has 0 fully saturated rings. The smallest absolute Gasteiger partial charge is 0.244 e. The van der Waals surface area contributed by atoms with E-state index in [4.69, 9.17) is 11.5 Å². The number of aliphatic imine (C=N–C) groups is 1. The Balaban J connectivity index is 2.73. The minimum absolute atomic E-state index is 0.0624. The average molecular weight is 433 g/mol. The highest BCUT2D eigenvalue weighted by Gasteiger charge is 2.27. The molecule has 0 aliphatic rings. The lowest BCUT2D eigenvalue weighted by molar-refractivity contribution is -0.136. The van der Waals surface area contributed by atoms with E-state index in [1.807, 2.05) is 19.0 Å². The number of aryl methyl sites for hydroxylation is 2. The molecule has 174 valence electrons. The highest BCUT2D eigenvalue weighted by atomic mass is 16.2. The van der Waals surface area contributed by atoms with Crippen LogP contribution in [0.4, 0.5) is 0 Å². The zero-order valence-corrected chi connectivity index (χ0v) is 19.7. The van der Waals surface area contributed by atoms with Gasteiger partial charge in [0.15, 0.2) is 5.96 Å². The first-order chi connectivity index (χ1) is 14.6. The van der Waals surface area contributed by atoms with Crippen molar-refractivity contribution in [2.75, 3.05) is 34.7 Å². The third-order valence-corrected chi connectivity index (χ3v) is 5.31. The van der Waals surface area contributed by atoms with Crippen LogP contribution in [0, 0.1) is 0 Å². The molecule has 31 heavy (non-hydrogen) atoms. The molecule has 0 saturated heterocycles. The number of nitrogens with one attached hydrogen (secondary N) is 1. The molecule has 0 bridgehead atoms. The van der Waals surface area contributed by atoms with Gasteiger partial charge in [0.2, 0.25) is 11.8 Å². The van der Waals surface area contributed by atoms with Crippen LogP contribution in [-0.2, 0) is 22.4 Å². The van der Waals surface area contributed by atoms with Gasteiger partial charge in [-0.15, -0.1) is 0 Å². The number of unbranched alkanes of at least 4 members (excludes halogenated alkanes) is 1. The molecule has 0 unspecified atom stereocenters. The summed E-state index contributed by atoms with van der Waals surface area (Å²) in [6.45, 7) is 2.64. The fraction of sp³-hybridized carbons (Fsp3) is 0.609. The molecule has 1 aromatic carbocycles. The molecule has 0 aliphatic carbocycles. The fourth-order valence-electron chi connectivity index (χ4n) is 3.37. The maximum absolute atomic E-state index is 13.0. The molecule has 2 amide bonds. The second kappa shape index (κ2) is 13.6. The maximum Gasteiger partial charge on any atom is 0.244 e. The number of carbonyl (C=O) groups is 2. The van der Waals surface area contributed by atoms with Crippen molar-refractivity contribution in [3.63, 3.8) is 0 Å². The van der Waals surface area contributed by atoms with Crippen LogP contribution in [0.3, 0.4) is 0 Å². The molecule has 0 aliphatic heterocycles. The average Bonchev–Trinajstić information content (AvgIpc) is 2.72. The summed E-state index contributed by atoms with van der Waals surface area (Å²) in [4.78, 5) is 33.0. The minimum atomic E-state index is -0.562. The van der Waals surface area contributed by atoms with Crippen molar-refractivity contribution in [1.29, 1.82) is 0 Å². The van der Waals surface area contributed by atoms with E-state index in [2.05, 4.69) is 41.5 Å². The van der Waals surface area contributed by atoms with Gasteiger partial charge in [-0.1, -0.05) is 31.2 Å². The number of guanidine groups is 1. The van der Waals surface area contributed by atoms with Gasteiger partial charge in [-0.05, 0) is 63.7 Å². The monoisotopic (exact) mass is 432 g/mol. The summed E-state index contributed by atoms with van der Waals surface area (Å²) < 4.78 is 0. The first-order valence-electron chi connectivity index (χ1n) is 11.0. The molecule has 0 radical (unpaired) electrons. The van der Waals surface area contributed by atoms with Gasteiger partial charge in [0.25, 0.3) is 0 Å². The molecule has 8 heteroatoms. The van der Waals surface area contributed by atoms with Crippen molar-refractivity contribution in [1.82, 2.24) is 15.1 Å². The molecule has 8 nitrogen and oxygen atoms in total. The summed E-state index contributed by atoms with van der Waals surface area (Å²) in [6.07, 6.45) is 4.51. The standard InChI is InChI=1S/C23H40N6O2/c1-6-17-10-12-18(13-11-17)14-15-20(28(2)3)21(30)27-19(22(31)29(4)5)9-7-8-16-26-23(24)25/h10-13,19-20H,6-9,14-16H2,1-5H3,(H,27,30)(H4,24,25,26)/t19-,20-/m0/s1. The van der Waals surface area contributed by atoms with Crippen molar-refractivity contribution in [3.05, 3.63) is 35.4 Å². The second-order valence-corrected chi connectivity index (χ2v) is 8.28. The van der Waals surface area contributed by atoms with Gasteiger partial charge in [0, 0.05) is 20.6 Å². The lowest BCUT2D eigenvalue weighted by Gasteiger charge is -2.27. The molecule has 0 saturated carbocycles. The van der Waals surface area contributed by atoms with Crippen LogP contribution < -0.4 is 16.8 Å². The zero-order chi connectivity index (χ0) is 23.4. The van der Waals surface area contributed by atoms with Crippen molar-refractivity contribution < 1.29 is 9.59 Å². The number of nitrogens with zero attached hydrogens (tertiary/aromatic N) is 3. The Morgan fingerprint density at radius 2 is 1.61 bits per heavy atom. The van der Waals surface area contributed by atoms with Crippen molar-refractivity contribution >= 4 is 17.8 Å². The Labute approximate surface area is 187 Å². The van der Waals surface area contributed by atoms with Crippen molar-refractivity contribution in [2.45, 2.75) is 57.5 Å². The number of carbonyl (C=O) groups excluding carboxylic acids is 2. The number of hydrogen-bond donors (Lipinski definition) is 3. The van der Waals surface area contributed by atoms with Crippen LogP contribution >= 0.6 is 0 Å². The number of likely N-dealkylation sites (N-methyl/N-ethyl adjacent to an activating group) is 2. The summed E-state index contributed by atoms with van der Waals surface area (Å²) in [5, 5.41) is 2.98. The predicted octanol–water partition coefficient (Wildman–Crippen LogP) is 1.13. The summed E-state index contributed by atoms with van der Waals surface area (Å²) in [7, 11) is 7.18. The van der Waals surface area contributed by atoms with Crippen LogP contribution in [0.15, 0.2) is 29.3 Å². The number of rotatable bonds is 13. The first kappa shape index (κ1) is 26.4. The molecule has 1 rings (SSSR count). The Morgan fingerprint density at radius 3 is 2.13 bits per heavy atom. The summed E-state index contributed by atoms with van der Waals surface area (Å²) in [5.41, 5.74) is 13.2. The first-order valence-corrected chi connectivity index (χ1v) is 11.0. The van der Waals surface area contributed by atoms with Gasteiger partial charge in [0.1, 0.15) is 6.04 Å². The molecule has 0 heterocycles. The topological polar surface area (TPSA) is 117 Å². The maximum atomic E-state index is 13.0. The van der Waals surface area contributed by atoms with E-state index in [0.717, 1.165) is 25.7 Å². The fourth-order valence-corrected chi connectivity index (χ4v) is 3.37. The number of hydrogen-bond acceptors (Lipinski definition) is 4. The number of nitrogens with two attached hydrogens (primary N) is 2. The van der Waals surface area contributed by atoms with E-state index in [9.17, 15) is 9.59 Å². The lowest BCUT2D eigenvalue weighted by Crippen LogP contribution is -2.52. The minimum Gasteiger partial charge on any atom is -0.370 e. The molecule has 0 spiro atoms. The van der Waals surface area contributed by atoms with Crippen LogP contribution in [0.25, 0.3) is 0 Å². The normalized spacial score (nSPS) is 12.8. The van der Waals surface area contributed by atoms with Crippen LogP contribution in [-0.4, -0.2) is 74.4 Å². The molecule has 1 aromatic rings. The summed E-state index contributed by atoms with van der Waals surface area (Å²) in [6, 6.07) is 7.64. The van der Waals surface area contributed by atoms with Crippen molar-refractivity contribution in [3.8, 4) is 0 Å². The van der Waals surface area contributed by atoms with E-state index in [1.165, 1.54) is 16.0 Å². The quantitative estimate of drug-likeness (QED) is 0.245. The van der Waals surface area contributed by atoms with E-state index in [-0.39, 0.29) is 23.8 Å². The third kappa shape index (κ3) is 9.83. The van der Waals surface area contributed by atoms with Gasteiger partial charge in [-0.2, -0.15) is 0 Å². The predicted molar refractivity (Wildman–Crippen MR) is 127 cm³/mol. The zero-order valence-electron chi connectivity index (χ0n) is 19.7. The highest BCUT2D eigenvalue weighted by Crippen LogP contribution is 2.12. The van der Waals surface area contributed by atoms with Gasteiger partial charge < -0.3 is 21.7 Å². The Morgan fingerprint density at radius 1 is 1.00 bits per heavy atom. The summed E-state index contributed by atoms with van der Waals surface area (Å²) in [5.74, 6) is -0.171.